The molecule has 0 atom stereocenters. The molecule has 2 aromatic heterocycles. The molecule has 0 aliphatic carbocycles. The third-order valence-corrected chi connectivity index (χ3v) is 5.85. The van der Waals surface area contributed by atoms with Gasteiger partial charge in [0.15, 0.2) is 11.0 Å². The Bertz CT molecular complexity index is 1390. The number of methoxy groups -OCH3 is 2. The van der Waals surface area contributed by atoms with Crippen LogP contribution in [0.4, 0.5) is 0 Å². The smallest absolute Gasteiger partial charge is 0.291 e. The molecule has 3 aromatic carbocycles. The number of para-hydroxylation sites is 2. The third kappa shape index (κ3) is 3.48. The minimum absolute atomic E-state index is 0. The summed E-state index contributed by atoms with van der Waals surface area (Å²) in [6, 6.07) is 24.7. The number of aryl methyl sites for hydroxylation is 2. The van der Waals surface area contributed by atoms with Gasteiger partial charge in [-0.3, -0.25) is 0 Å². The lowest BCUT2D eigenvalue weighted by atomic mass is 10.0. The van der Waals surface area contributed by atoms with Crippen molar-refractivity contribution in [1.29, 1.82) is 0 Å². The molecule has 6 heteroatoms. The van der Waals surface area contributed by atoms with Gasteiger partial charge < -0.3 is 33.5 Å². The van der Waals surface area contributed by atoms with Gasteiger partial charge in [0.1, 0.15) is 11.5 Å². The first-order valence-electron chi connectivity index (χ1n) is 10.2. The van der Waals surface area contributed by atoms with Gasteiger partial charge in [-0.25, -0.2) is 14.1 Å². The molecule has 32 heavy (non-hydrogen) atoms. The minimum atomic E-state index is 0. The van der Waals surface area contributed by atoms with Crippen LogP contribution in [0.3, 0.4) is 0 Å². The Hall–Kier alpha value is -3.13. The molecule has 0 fully saturated rings. The maximum absolute atomic E-state index is 5.69. The summed E-state index contributed by atoms with van der Waals surface area (Å²) in [5.41, 5.74) is 6.20. The lowest BCUT2D eigenvalue weighted by molar-refractivity contribution is -0.634. The van der Waals surface area contributed by atoms with E-state index in [9.17, 15) is 0 Å². The maximum atomic E-state index is 5.69. The summed E-state index contributed by atoms with van der Waals surface area (Å²) >= 11 is 0. The lowest BCUT2D eigenvalue weighted by Gasteiger charge is -2.13. The van der Waals surface area contributed by atoms with Crippen LogP contribution in [0.2, 0.25) is 0 Å². The first-order chi connectivity index (χ1) is 15.1. The summed E-state index contributed by atoms with van der Waals surface area (Å²) in [6.45, 7) is 0. The number of benzene rings is 3. The topological polar surface area (TPSA) is 40.2 Å². The number of rotatable bonds is 4. The van der Waals surface area contributed by atoms with Crippen molar-refractivity contribution < 1.29 is 38.0 Å². The molecule has 0 saturated carbocycles. The largest absolute Gasteiger partial charge is 1.00 e. The molecule has 0 bridgehead atoms. The highest BCUT2D eigenvalue weighted by Crippen LogP contribution is 2.38. The number of hydrogen-bond acceptors (Lipinski definition) is 3. The fourth-order valence-corrected chi connectivity index (χ4v) is 4.34. The number of ether oxygens (including phenoxy) is 2. The second-order valence-corrected chi connectivity index (χ2v) is 7.58. The van der Waals surface area contributed by atoms with E-state index in [-0.39, 0.29) is 24.0 Å². The summed E-state index contributed by atoms with van der Waals surface area (Å²) in [4.78, 5) is 5.10. The van der Waals surface area contributed by atoms with Gasteiger partial charge >= 0.3 is 0 Å². The molecule has 2 heterocycles. The Labute approximate surface area is 204 Å². The van der Waals surface area contributed by atoms with Crippen molar-refractivity contribution in [3.8, 4) is 34.1 Å². The fourth-order valence-electron chi connectivity index (χ4n) is 4.34. The normalized spacial score (nSPS) is 10.9. The van der Waals surface area contributed by atoms with E-state index < -0.39 is 0 Å². The van der Waals surface area contributed by atoms with Crippen LogP contribution in [0.25, 0.3) is 44.6 Å². The average Bonchev–Trinajstić information content (AvgIpc) is 3.08. The predicted octanol–water partition coefficient (Wildman–Crippen LogP) is 1.91. The third-order valence-electron chi connectivity index (χ3n) is 5.85. The van der Waals surface area contributed by atoms with Crippen LogP contribution in [0.1, 0.15) is 0 Å². The zero-order valence-corrected chi connectivity index (χ0v) is 20.6. The number of nitrogens with zero attached hydrogens (tertiary/aromatic N) is 3. The van der Waals surface area contributed by atoms with E-state index >= 15 is 0 Å². The van der Waals surface area contributed by atoms with Gasteiger partial charge in [-0.2, -0.15) is 0 Å². The molecular formula is C26H24IN3O2. The van der Waals surface area contributed by atoms with E-state index in [1.165, 1.54) is 11.0 Å². The molecule has 0 amide bonds. The second-order valence-electron chi connectivity index (χ2n) is 7.58. The summed E-state index contributed by atoms with van der Waals surface area (Å²) in [6.07, 6.45) is 0. The molecule has 5 rings (SSSR count). The summed E-state index contributed by atoms with van der Waals surface area (Å²) in [5.74, 6) is 2.54. The van der Waals surface area contributed by atoms with Crippen LogP contribution in [-0.2, 0) is 14.1 Å². The highest BCUT2D eigenvalue weighted by molar-refractivity contribution is 5.95. The van der Waals surface area contributed by atoms with Crippen molar-refractivity contribution in [2.45, 2.75) is 0 Å². The Morgan fingerprint density at radius 3 is 2.28 bits per heavy atom. The van der Waals surface area contributed by atoms with Crippen LogP contribution in [0, 0.1) is 0 Å². The number of imidazole rings is 1. The van der Waals surface area contributed by atoms with Gasteiger partial charge in [-0.05, 0) is 18.2 Å². The van der Waals surface area contributed by atoms with Gasteiger partial charge in [0, 0.05) is 23.1 Å². The molecule has 0 unspecified atom stereocenters. The molecule has 5 nitrogen and oxygen atoms in total. The molecule has 5 aromatic rings. The van der Waals surface area contributed by atoms with Crippen molar-refractivity contribution >= 4 is 21.9 Å². The number of aromatic nitrogens is 3. The molecule has 0 aliphatic heterocycles. The number of halogens is 1. The standard InChI is InChI=1S/C26H24N3O2.HI/c1-28-22-12-8-9-13-23(22)29(2)26(28)20-16-19-21(14-18(30-3)15-24(19)31-4)27-25(20)17-10-6-5-7-11-17;/h5-16H,1-4H3;1H/q+1;/p-1. The van der Waals surface area contributed by atoms with Crippen molar-refractivity contribution in [3.63, 3.8) is 0 Å². The maximum Gasteiger partial charge on any atom is 0.291 e. The fraction of sp³-hybridized carbons (Fsp3) is 0.154. The van der Waals surface area contributed by atoms with E-state index in [1.807, 2.05) is 30.3 Å². The SMILES string of the molecule is COc1cc(OC)c2cc(-c3n(C)c4ccccc4[n+]3C)c(-c3ccccc3)nc2c1.[I-]. The first kappa shape index (κ1) is 22.1. The quantitative estimate of drug-likeness (QED) is 0.260. The Kier molecular flexibility index (Phi) is 6.06. The van der Waals surface area contributed by atoms with Gasteiger partial charge in [0.05, 0.1) is 45.1 Å². The molecule has 162 valence electrons. The number of hydrogen-bond donors (Lipinski definition) is 0. The van der Waals surface area contributed by atoms with Crippen LogP contribution in [0.5, 0.6) is 11.5 Å². The number of fused-ring (bicyclic) bond motifs is 2. The van der Waals surface area contributed by atoms with Crippen LogP contribution in [-0.4, -0.2) is 23.8 Å². The Balaban J connectivity index is 0.00000245. The van der Waals surface area contributed by atoms with E-state index in [4.69, 9.17) is 14.5 Å². The summed E-state index contributed by atoms with van der Waals surface area (Å²) < 4.78 is 15.6. The van der Waals surface area contributed by atoms with Crippen LogP contribution < -0.4 is 38.0 Å². The van der Waals surface area contributed by atoms with Gasteiger partial charge in [-0.1, -0.05) is 42.5 Å². The zero-order chi connectivity index (χ0) is 21.5. The van der Waals surface area contributed by atoms with Gasteiger partial charge in [0.25, 0.3) is 5.82 Å². The first-order valence-corrected chi connectivity index (χ1v) is 10.2. The van der Waals surface area contributed by atoms with E-state index in [0.717, 1.165) is 45.0 Å². The molecule has 0 N–H and O–H groups in total. The van der Waals surface area contributed by atoms with Crippen LogP contribution >= 0.6 is 0 Å². The number of pyridine rings is 1. The van der Waals surface area contributed by atoms with Crippen molar-refractivity contribution in [2.24, 2.45) is 14.1 Å². The highest BCUT2D eigenvalue weighted by atomic mass is 127. The predicted molar refractivity (Wildman–Crippen MR) is 123 cm³/mol. The molecule has 0 saturated heterocycles. The van der Waals surface area contributed by atoms with Gasteiger partial charge in [-0.15, -0.1) is 0 Å². The molecular weight excluding hydrogens is 513 g/mol. The monoisotopic (exact) mass is 537 g/mol. The minimum Gasteiger partial charge on any atom is -1.00 e. The van der Waals surface area contributed by atoms with E-state index in [1.54, 1.807) is 14.2 Å². The molecule has 0 aliphatic rings. The Morgan fingerprint density at radius 2 is 1.59 bits per heavy atom. The average molecular weight is 537 g/mol. The lowest BCUT2D eigenvalue weighted by Crippen LogP contribution is -3.00. The van der Waals surface area contributed by atoms with E-state index in [0.29, 0.717) is 0 Å². The summed E-state index contributed by atoms with van der Waals surface area (Å²) in [5, 5.41) is 0.947. The Morgan fingerprint density at radius 1 is 0.875 bits per heavy atom. The van der Waals surface area contributed by atoms with Crippen molar-refractivity contribution in [1.82, 2.24) is 9.55 Å². The summed E-state index contributed by atoms with van der Waals surface area (Å²) in [7, 11) is 7.53. The van der Waals surface area contributed by atoms with Crippen molar-refractivity contribution in [3.05, 3.63) is 72.8 Å². The molecule has 0 radical (unpaired) electrons. The van der Waals surface area contributed by atoms with Crippen LogP contribution in [0.15, 0.2) is 72.8 Å². The zero-order valence-electron chi connectivity index (χ0n) is 18.5. The highest BCUT2D eigenvalue weighted by Gasteiger charge is 2.26. The molecule has 0 spiro atoms. The van der Waals surface area contributed by atoms with Crippen molar-refractivity contribution in [2.75, 3.05) is 14.2 Å². The van der Waals surface area contributed by atoms with E-state index in [2.05, 4.69) is 65.7 Å². The second kappa shape index (κ2) is 8.78. The van der Waals surface area contributed by atoms with Gasteiger partial charge in [0.2, 0.25) is 0 Å².